The van der Waals surface area contributed by atoms with Crippen LogP contribution >= 0.6 is 11.3 Å². The maximum absolute atomic E-state index is 12.0. The fourth-order valence-corrected chi connectivity index (χ4v) is 3.08. The highest BCUT2D eigenvalue weighted by molar-refractivity contribution is 7.09. The van der Waals surface area contributed by atoms with Crippen molar-refractivity contribution in [3.8, 4) is 0 Å². The van der Waals surface area contributed by atoms with Crippen LogP contribution in [0.25, 0.3) is 0 Å². The van der Waals surface area contributed by atoms with Crippen LogP contribution in [0.1, 0.15) is 44.8 Å². The molecule has 0 unspecified atom stereocenters. The fourth-order valence-electron chi connectivity index (χ4n) is 2.05. The van der Waals surface area contributed by atoms with Crippen molar-refractivity contribution in [3.63, 3.8) is 0 Å². The Bertz CT molecular complexity index is 715. The van der Waals surface area contributed by atoms with E-state index in [9.17, 15) is 9.59 Å². The van der Waals surface area contributed by atoms with Crippen LogP contribution in [0.3, 0.4) is 0 Å². The Labute approximate surface area is 146 Å². The standard InChI is InChI=1S/C18H23N3O2S/c1-12(22)19-13-5-7-14(8-6-13)20-16(23)9-10-17-21-15(11-24-17)18(2,3)4/h5-8,11H,9-10H2,1-4H3,(H,19,22)(H,20,23). The van der Waals surface area contributed by atoms with Crippen molar-refractivity contribution in [2.45, 2.75) is 46.0 Å². The van der Waals surface area contributed by atoms with Crippen LogP contribution < -0.4 is 10.6 Å². The highest BCUT2D eigenvalue weighted by atomic mass is 32.1. The lowest BCUT2D eigenvalue weighted by Gasteiger charge is -2.14. The number of benzene rings is 1. The van der Waals surface area contributed by atoms with Crippen LogP contribution in [0.4, 0.5) is 11.4 Å². The summed E-state index contributed by atoms with van der Waals surface area (Å²) >= 11 is 1.60. The predicted molar refractivity (Wildman–Crippen MR) is 98.5 cm³/mol. The smallest absolute Gasteiger partial charge is 0.224 e. The first kappa shape index (κ1) is 18.1. The molecule has 1 aromatic carbocycles. The van der Waals surface area contributed by atoms with Crippen LogP contribution in [0.15, 0.2) is 29.6 Å². The monoisotopic (exact) mass is 345 g/mol. The van der Waals surface area contributed by atoms with Crippen molar-refractivity contribution in [2.75, 3.05) is 10.6 Å². The number of thiazole rings is 1. The van der Waals surface area contributed by atoms with E-state index < -0.39 is 0 Å². The molecule has 0 aliphatic heterocycles. The van der Waals surface area contributed by atoms with Gasteiger partial charge in [-0.3, -0.25) is 9.59 Å². The molecule has 2 rings (SSSR count). The number of hydrogen-bond donors (Lipinski definition) is 2. The lowest BCUT2D eigenvalue weighted by Crippen LogP contribution is -2.13. The summed E-state index contributed by atoms with van der Waals surface area (Å²) in [4.78, 5) is 27.6. The van der Waals surface area contributed by atoms with Gasteiger partial charge >= 0.3 is 0 Å². The Morgan fingerprint density at radius 1 is 1.08 bits per heavy atom. The van der Waals surface area contributed by atoms with Gasteiger partial charge < -0.3 is 10.6 Å². The van der Waals surface area contributed by atoms with Gasteiger partial charge in [0, 0.05) is 41.9 Å². The van der Waals surface area contributed by atoms with Crippen LogP contribution in [0, 0.1) is 0 Å². The second kappa shape index (κ2) is 7.57. The Balaban J connectivity index is 1.85. The van der Waals surface area contributed by atoms with Crippen molar-refractivity contribution >= 4 is 34.5 Å². The highest BCUT2D eigenvalue weighted by Gasteiger charge is 2.17. The molecule has 0 saturated carbocycles. The molecule has 24 heavy (non-hydrogen) atoms. The van der Waals surface area contributed by atoms with Crippen LogP contribution in [0.5, 0.6) is 0 Å². The zero-order valence-electron chi connectivity index (χ0n) is 14.5. The first-order chi connectivity index (χ1) is 11.2. The van der Waals surface area contributed by atoms with E-state index in [-0.39, 0.29) is 17.2 Å². The lowest BCUT2D eigenvalue weighted by atomic mass is 9.93. The minimum absolute atomic E-state index is 0.0344. The van der Waals surface area contributed by atoms with E-state index in [1.807, 2.05) is 0 Å². The summed E-state index contributed by atoms with van der Waals surface area (Å²) < 4.78 is 0. The Morgan fingerprint density at radius 2 is 1.67 bits per heavy atom. The first-order valence-electron chi connectivity index (χ1n) is 7.86. The third-order valence-electron chi connectivity index (χ3n) is 3.38. The van der Waals surface area contributed by atoms with Crippen LogP contribution in [-0.4, -0.2) is 16.8 Å². The van der Waals surface area contributed by atoms with E-state index >= 15 is 0 Å². The summed E-state index contributed by atoms with van der Waals surface area (Å²) in [6.07, 6.45) is 1.03. The molecular formula is C18H23N3O2S. The van der Waals surface area contributed by atoms with Gasteiger partial charge in [-0.25, -0.2) is 4.98 Å². The summed E-state index contributed by atoms with van der Waals surface area (Å²) in [5.74, 6) is -0.167. The molecule has 0 spiro atoms. The van der Waals surface area contributed by atoms with E-state index in [0.717, 1.165) is 10.7 Å². The van der Waals surface area contributed by atoms with Gasteiger partial charge in [0.2, 0.25) is 11.8 Å². The molecule has 2 amide bonds. The number of carbonyl (C=O) groups excluding carboxylic acids is 2. The van der Waals surface area contributed by atoms with Crippen LogP contribution in [0.2, 0.25) is 0 Å². The van der Waals surface area contributed by atoms with Crippen molar-refractivity contribution < 1.29 is 9.59 Å². The van der Waals surface area contributed by atoms with Crippen LogP contribution in [-0.2, 0) is 21.4 Å². The highest BCUT2D eigenvalue weighted by Crippen LogP contribution is 2.24. The number of nitrogens with zero attached hydrogens (tertiary/aromatic N) is 1. The van der Waals surface area contributed by atoms with Crippen molar-refractivity contribution in [1.82, 2.24) is 4.98 Å². The van der Waals surface area contributed by atoms with Gasteiger partial charge in [0.25, 0.3) is 0 Å². The van der Waals surface area contributed by atoms with Gasteiger partial charge in [-0.05, 0) is 24.3 Å². The first-order valence-corrected chi connectivity index (χ1v) is 8.74. The van der Waals surface area contributed by atoms with E-state index in [0.29, 0.717) is 24.2 Å². The zero-order chi connectivity index (χ0) is 17.7. The molecule has 0 saturated heterocycles. The SMILES string of the molecule is CC(=O)Nc1ccc(NC(=O)CCc2nc(C(C)(C)C)cs2)cc1. The van der Waals surface area contributed by atoms with Gasteiger partial charge in [-0.15, -0.1) is 11.3 Å². The molecular weight excluding hydrogens is 322 g/mol. The molecule has 0 atom stereocenters. The van der Waals surface area contributed by atoms with Gasteiger partial charge in [0.15, 0.2) is 0 Å². The molecule has 128 valence electrons. The normalized spacial score (nSPS) is 11.2. The number of nitrogens with one attached hydrogen (secondary N) is 2. The zero-order valence-corrected chi connectivity index (χ0v) is 15.3. The molecule has 0 fully saturated rings. The number of amides is 2. The van der Waals surface area contributed by atoms with E-state index in [2.05, 4.69) is 41.8 Å². The molecule has 0 aliphatic carbocycles. The maximum Gasteiger partial charge on any atom is 0.224 e. The average Bonchev–Trinajstić information content (AvgIpc) is 2.96. The van der Waals surface area contributed by atoms with Gasteiger partial charge in [0.05, 0.1) is 10.7 Å². The Kier molecular flexibility index (Phi) is 5.72. The number of carbonyl (C=O) groups is 2. The Hall–Kier alpha value is -2.21. The predicted octanol–water partition coefficient (Wildman–Crippen LogP) is 3.97. The molecule has 2 N–H and O–H groups in total. The molecule has 2 aromatic rings. The second-order valence-corrected chi connectivity index (χ2v) is 7.63. The van der Waals surface area contributed by atoms with Crippen molar-refractivity contribution in [2.24, 2.45) is 0 Å². The molecule has 5 nitrogen and oxygen atoms in total. The summed E-state index contributed by atoms with van der Waals surface area (Å²) in [6, 6.07) is 7.05. The summed E-state index contributed by atoms with van der Waals surface area (Å²) in [6.45, 7) is 7.84. The number of rotatable bonds is 5. The van der Waals surface area contributed by atoms with Gasteiger partial charge in [0.1, 0.15) is 0 Å². The largest absolute Gasteiger partial charge is 0.326 e. The Morgan fingerprint density at radius 3 is 2.17 bits per heavy atom. The molecule has 6 heteroatoms. The van der Waals surface area contributed by atoms with Gasteiger partial charge in [-0.2, -0.15) is 0 Å². The average molecular weight is 345 g/mol. The molecule has 0 bridgehead atoms. The topological polar surface area (TPSA) is 71.1 Å². The number of anilines is 2. The number of aromatic nitrogens is 1. The summed E-state index contributed by atoms with van der Waals surface area (Å²) in [5.41, 5.74) is 2.52. The molecule has 0 aliphatic rings. The van der Waals surface area contributed by atoms with E-state index in [4.69, 9.17) is 0 Å². The number of hydrogen-bond acceptors (Lipinski definition) is 4. The lowest BCUT2D eigenvalue weighted by molar-refractivity contribution is -0.116. The third-order valence-corrected chi connectivity index (χ3v) is 4.28. The quantitative estimate of drug-likeness (QED) is 0.861. The minimum Gasteiger partial charge on any atom is -0.326 e. The van der Waals surface area contributed by atoms with Gasteiger partial charge in [-0.1, -0.05) is 20.8 Å². The minimum atomic E-state index is -0.121. The fraction of sp³-hybridized carbons (Fsp3) is 0.389. The molecule has 0 radical (unpaired) electrons. The molecule has 1 aromatic heterocycles. The molecule has 1 heterocycles. The summed E-state index contributed by atoms with van der Waals surface area (Å²) in [5, 5.41) is 8.59. The number of aryl methyl sites for hydroxylation is 1. The van der Waals surface area contributed by atoms with Crippen molar-refractivity contribution in [1.29, 1.82) is 0 Å². The van der Waals surface area contributed by atoms with E-state index in [1.54, 1.807) is 35.6 Å². The van der Waals surface area contributed by atoms with E-state index in [1.165, 1.54) is 6.92 Å². The second-order valence-electron chi connectivity index (χ2n) is 6.68. The summed E-state index contributed by atoms with van der Waals surface area (Å²) in [7, 11) is 0. The maximum atomic E-state index is 12.0. The third kappa shape index (κ3) is 5.45. The van der Waals surface area contributed by atoms with Crippen molar-refractivity contribution in [3.05, 3.63) is 40.3 Å².